The maximum absolute atomic E-state index is 13.6. The highest BCUT2D eigenvalue weighted by Gasteiger charge is 2.28. The summed E-state index contributed by atoms with van der Waals surface area (Å²) < 4.78 is 30.6. The zero-order chi connectivity index (χ0) is 31.8. The van der Waals surface area contributed by atoms with Crippen LogP contribution in [0.4, 0.5) is 0 Å². The van der Waals surface area contributed by atoms with Gasteiger partial charge in [-0.1, -0.05) is 30.3 Å². The van der Waals surface area contributed by atoms with E-state index in [2.05, 4.69) is 6.07 Å². The van der Waals surface area contributed by atoms with Gasteiger partial charge in [-0.25, -0.2) is 0 Å². The van der Waals surface area contributed by atoms with Crippen molar-refractivity contribution in [1.29, 1.82) is 5.26 Å². The predicted molar refractivity (Wildman–Crippen MR) is 175 cm³/mol. The van der Waals surface area contributed by atoms with E-state index in [4.69, 9.17) is 35.9 Å². The largest absolute Gasteiger partial charge is 0.497 e. The Morgan fingerprint density at radius 3 is 2.51 bits per heavy atom. The minimum atomic E-state index is -0.660. The van der Waals surface area contributed by atoms with Crippen molar-refractivity contribution in [3.05, 3.63) is 130 Å². The Bertz CT molecular complexity index is 1770. The molecule has 0 fully saturated rings. The van der Waals surface area contributed by atoms with Gasteiger partial charge in [0.1, 0.15) is 29.0 Å². The molecule has 0 saturated heterocycles. The molecule has 0 amide bonds. The van der Waals surface area contributed by atoms with Crippen molar-refractivity contribution in [1.82, 2.24) is 4.57 Å². The Labute approximate surface area is 268 Å². The summed E-state index contributed by atoms with van der Waals surface area (Å²) in [5.41, 5.74) is 2.56. The number of aromatic nitrogens is 1. The molecule has 5 rings (SSSR count). The smallest absolute Gasteiger partial charge is 0.358 e. The van der Waals surface area contributed by atoms with Gasteiger partial charge in [-0.3, -0.25) is 9.36 Å². The molecule has 0 aliphatic carbocycles. The topological polar surface area (TPSA) is 91.9 Å². The molecule has 9 heteroatoms. The monoisotopic (exact) mass is 622 g/mol. The van der Waals surface area contributed by atoms with Gasteiger partial charge < -0.3 is 23.7 Å². The number of pyridine rings is 1. The van der Waals surface area contributed by atoms with Crippen molar-refractivity contribution in [3.8, 4) is 23.3 Å². The lowest BCUT2D eigenvalue weighted by atomic mass is 9.97. The zero-order valence-corrected chi connectivity index (χ0v) is 26.2. The summed E-state index contributed by atoms with van der Waals surface area (Å²) in [6, 6.07) is 27.6. The van der Waals surface area contributed by atoms with Crippen molar-refractivity contribution in [2.24, 2.45) is 0 Å². The van der Waals surface area contributed by atoms with Gasteiger partial charge in [0.25, 0.3) is 5.56 Å². The van der Waals surface area contributed by atoms with Crippen LogP contribution in [0, 0.1) is 11.3 Å². The van der Waals surface area contributed by atoms with Crippen LogP contribution < -0.4 is 19.8 Å². The number of fused-ring (bicyclic) bond motifs is 1. The molecule has 1 aromatic heterocycles. The van der Waals surface area contributed by atoms with E-state index in [-0.39, 0.29) is 10.8 Å². The second kappa shape index (κ2) is 14.2. The molecule has 0 radical (unpaired) electrons. The first kappa shape index (κ1) is 31.5. The minimum absolute atomic E-state index is 0.0404. The van der Waals surface area contributed by atoms with Gasteiger partial charge in [-0.15, -0.1) is 0 Å². The first-order chi connectivity index (χ1) is 21.7. The fraction of sp³-hybridized carbons (Fsp3) is 0.250. The lowest BCUT2D eigenvalue weighted by Crippen LogP contribution is -2.32. The van der Waals surface area contributed by atoms with Crippen LogP contribution in [0.25, 0.3) is 5.70 Å². The van der Waals surface area contributed by atoms with Gasteiger partial charge in [-0.05, 0) is 92.4 Å². The highest BCUT2D eigenvalue weighted by Crippen LogP contribution is 2.37. The van der Waals surface area contributed by atoms with Crippen LogP contribution in [0.2, 0.25) is 0 Å². The molecule has 1 unspecified atom stereocenters. The van der Waals surface area contributed by atoms with Gasteiger partial charge >= 0.3 is 5.24 Å². The van der Waals surface area contributed by atoms with Crippen molar-refractivity contribution in [2.75, 3.05) is 13.7 Å². The molecular weight excluding hydrogens is 588 g/mol. The van der Waals surface area contributed by atoms with Gasteiger partial charge in [0.05, 0.1) is 31.0 Å². The molecule has 3 aromatic carbocycles. The van der Waals surface area contributed by atoms with E-state index in [0.717, 1.165) is 11.3 Å². The number of methoxy groups -OCH3 is 1. The van der Waals surface area contributed by atoms with Crippen molar-refractivity contribution >= 4 is 23.2 Å². The molecule has 1 atom stereocenters. The van der Waals surface area contributed by atoms with Crippen LogP contribution in [-0.2, 0) is 16.1 Å². The molecule has 0 bridgehead atoms. The van der Waals surface area contributed by atoms with Crippen LogP contribution in [0.15, 0.2) is 102 Å². The molecule has 0 N–H and O–H groups in total. The van der Waals surface area contributed by atoms with Crippen LogP contribution in [0.1, 0.15) is 55.0 Å². The van der Waals surface area contributed by atoms with Gasteiger partial charge in [0, 0.05) is 36.7 Å². The van der Waals surface area contributed by atoms with Gasteiger partial charge in [0.2, 0.25) is 0 Å². The van der Waals surface area contributed by atoms with E-state index in [1.54, 1.807) is 54.3 Å². The lowest BCUT2D eigenvalue weighted by Gasteiger charge is -2.31. The fourth-order valence-electron chi connectivity index (χ4n) is 5.00. The quantitative estimate of drug-likeness (QED) is 0.128. The van der Waals surface area contributed by atoms with E-state index >= 15 is 0 Å². The van der Waals surface area contributed by atoms with Gasteiger partial charge in [-0.2, -0.15) is 5.26 Å². The number of benzene rings is 3. The van der Waals surface area contributed by atoms with Crippen molar-refractivity contribution < 1.29 is 23.7 Å². The number of rotatable bonds is 11. The second-order valence-electron chi connectivity index (χ2n) is 11.0. The third-order valence-corrected chi connectivity index (χ3v) is 7.36. The van der Waals surface area contributed by atoms with E-state index in [0.29, 0.717) is 59.9 Å². The van der Waals surface area contributed by atoms with E-state index in [9.17, 15) is 10.1 Å². The number of hydrogen-bond donors (Lipinski definition) is 0. The van der Waals surface area contributed by atoms with Crippen LogP contribution >= 0.6 is 12.2 Å². The van der Waals surface area contributed by atoms with Crippen LogP contribution in [0.5, 0.6) is 17.2 Å². The van der Waals surface area contributed by atoms with Gasteiger partial charge in [0.15, 0.2) is 0 Å². The SMILES string of the molecule is COc1ccc(COCCCC(OC(=S)Oc2ccccc2)c2ccn(C3=CC(C)(C)Oc4ccc(C#N)cc43)c(=O)c2)cc1. The molecule has 8 nitrogen and oxygen atoms in total. The van der Waals surface area contributed by atoms with Crippen LogP contribution in [0.3, 0.4) is 0 Å². The average Bonchev–Trinajstić information content (AvgIpc) is 3.04. The summed E-state index contributed by atoms with van der Waals surface area (Å²) in [5.74, 6) is 1.96. The predicted octanol–water partition coefficient (Wildman–Crippen LogP) is 7.21. The zero-order valence-electron chi connectivity index (χ0n) is 25.4. The number of thiocarbonyl (C=S) groups is 1. The summed E-state index contributed by atoms with van der Waals surface area (Å²) in [7, 11) is 1.63. The second-order valence-corrected chi connectivity index (χ2v) is 11.4. The summed E-state index contributed by atoms with van der Waals surface area (Å²) in [4.78, 5) is 13.6. The normalized spacial score (nSPS) is 13.8. The Kier molecular flexibility index (Phi) is 9.98. The maximum Gasteiger partial charge on any atom is 0.358 e. The standard InChI is InChI=1S/C36H34N2O6S/c1-36(2)22-31(30-20-26(23-37)13-16-33(30)44-36)38-18-17-27(21-34(38)39)32(43-35(45)42-29-8-5-4-6-9-29)10-7-19-41-24-25-11-14-28(40-3)15-12-25/h4-6,8-9,11-18,20-22,32H,7,10,19,24H2,1-3H3. The lowest BCUT2D eigenvalue weighted by molar-refractivity contribution is 0.0946. The Hall–Kier alpha value is -4.91. The third kappa shape index (κ3) is 8.18. The Morgan fingerprint density at radius 1 is 1.02 bits per heavy atom. The summed E-state index contributed by atoms with van der Waals surface area (Å²) in [6.45, 7) is 4.78. The molecule has 4 aromatic rings. The average molecular weight is 623 g/mol. The number of para-hydroxylation sites is 1. The molecule has 230 valence electrons. The van der Waals surface area contributed by atoms with Crippen LogP contribution in [-0.4, -0.2) is 29.1 Å². The number of nitrogens with zero attached hydrogens (tertiary/aromatic N) is 2. The molecular formula is C36H34N2O6S. The van der Waals surface area contributed by atoms with E-state index < -0.39 is 11.7 Å². The molecule has 1 aliphatic rings. The molecule has 2 heterocycles. The highest BCUT2D eigenvalue weighted by atomic mass is 32.1. The van der Waals surface area contributed by atoms with E-state index in [1.807, 2.05) is 68.5 Å². The number of ether oxygens (including phenoxy) is 5. The molecule has 0 saturated carbocycles. The third-order valence-electron chi connectivity index (χ3n) is 7.18. The van der Waals surface area contributed by atoms with E-state index in [1.165, 1.54) is 0 Å². The number of nitriles is 1. The fourth-order valence-corrected chi connectivity index (χ4v) is 5.22. The van der Waals surface area contributed by atoms with Crippen molar-refractivity contribution in [2.45, 2.75) is 45.0 Å². The molecule has 1 aliphatic heterocycles. The first-order valence-corrected chi connectivity index (χ1v) is 15.0. The molecule has 0 spiro atoms. The maximum atomic E-state index is 13.6. The first-order valence-electron chi connectivity index (χ1n) is 14.6. The number of hydrogen-bond acceptors (Lipinski definition) is 8. The summed E-state index contributed by atoms with van der Waals surface area (Å²) in [5, 5.41) is 9.43. The summed E-state index contributed by atoms with van der Waals surface area (Å²) in [6.07, 6.45) is 4.23. The minimum Gasteiger partial charge on any atom is -0.497 e. The van der Waals surface area contributed by atoms with Crippen molar-refractivity contribution in [3.63, 3.8) is 0 Å². The highest BCUT2D eigenvalue weighted by molar-refractivity contribution is 7.79. The molecule has 45 heavy (non-hydrogen) atoms. The Morgan fingerprint density at radius 2 is 1.80 bits per heavy atom. The summed E-state index contributed by atoms with van der Waals surface area (Å²) >= 11 is 5.43. The Balaban J connectivity index is 1.34.